The highest BCUT2D eigenvalue weighted by atomic mass is 32.1. The standard InChI is InChI=1S/C13H13N3O3S/c1-3-9-4-5-10(8(2)6-9)12(17)15-13-14-7-11(20-13)16(18)19/h4-7H,3H2,1-2H3,(H,14,15,17). The number of rotatable bonds is 4. The molecule has 7 heteroatoms. The van der Waals surface area contributed by atoms with Crippen LogP contribution >= 0.6 is 11.3 Å². The maximum atomic E-state index is 12.1. The van der Waals surface area contributed by atoms with E-state index in [1.165, 1.54) is 0 Å². The fourth-order valence-corrected chi connectivity index (χ4v) is 2.40. The predicted octanol–water partition coefficient (Wildman–Crippen LogP) is 3.17. The van der Waals surface area contributed by atoms with Crippen molar-refractivity contribution in [3.63, 3.8) is 0 Å². The molecule has 1 amide bonds. The van der Waals surface area contributed by atoms with Crippen molar-refractivity contribution in [3.8, 4) is 0 Å². The summed E-state index contributed by atoms with van der Waals surface area (Å²) in [6.07, 6.45) is 2.04. The minimum absolute atomic E-state index is 0.0987. The molecule has 0 saturated heterocycles. The molecule has 6 nitrogen and oxygen atoms in total. The van der Waals surface area contributed by atoms with Gasteiger partial charge in [-0.1, -0.05) is 19.1 Å². The molecule has 2 aromatic rings. The van der Waals surface area contributed by atoms with Gasteiger partial charge >= 0.3 is 5.00 Å². The van der Waals surface area contributed by atoms with Crippen LogP contribution in [0.15, 0.2) is 24.4 Å². The molecular formula is C13H13N3O3S. The summed E-state index contributed by atoms with van der Waals surface area (Å²) in [4.78, 5) is 25.9. The zero-order valence-corrected chi connectivity index (χ0v) is 11.9. The van der Waals surface area contributed by atoms with E-state index in [9.17, 15) is 14.9 Å². The molecule has 1 aromatic carbocycles. The van der Waals surface area contributed by atoms with Gasteiger partial charge in [-0.2, -0.15) is 0 Å². The number of nitrogens with zero attached hydrogens (tertiary/aromatic N) is 2. The molecule has 0 aliphatic heterocycles. The Balaban J connectivity index is 2.17. The van der Waals surface area contributed by atoms with Gasteiger partial charge in [0.25, 0.3) is 5.91 Å². The van der Waals surface area contributed by atoms with Crippen LogP contribution in [0.5, 0.6) is 0 Å². The normalized spacial score (nSPS) is 10.3. The largest absolute Gasteiger partial charge is 0.345 e. The number of amides is 1. The van der Waals surface area contributed by atoms with Crippen LogP contribution in [0.2, 0.25) is 0 Å². The van der Waals surface area contributed by atoms with Crippen LogP contribution in [0, 0.1) is 17.0 Å². The molecule has 0 radical (unpaired) electrons. The second-order valence-corrected chi connectivity index (χ2v) is 5.23. The van der Waals surface area contributed by atoms with Gasteiger partial charge in [-0.15, -0.1) is 0 Å². The maximum absolute atomic E-state index is 12.1. The first-order chi connectivity index (χ1) is 9.51. The van der Waals surface area contributed by atoms with Crippen LogP contribution in [-0.2, 0) is 6.42 Å². The lowest BCUT2D eigenvalue weighted by molar-refractivity contribution is -0.380. The third-order valence-electron chi connectivity index (χ3n) is 2.84. The molecule has 1 aromatic heterocycles. The molecule has 0 aliphatic rings. The van der Waals surface area contributed by atoms with Gasteiger partial charge in [0.05, 0.1) is 4.92 Å². The Morgan fingerprint density at radius 1 is 1.50 bits per heavy atom. The monoisotopic (exact) mass is 291 g/mol. The summed E-state index contributed by atoms with van der Waals surface area (Å²) < 4.78 is 0. The van der Waals surface area contributed by atoms with Crippen LogP contribution in [0.25, 0.3) is 0 Å². The number of anilines is 1. The molecule has 1 N–H and O–H groups in total. The van der Waals surface area contributed by atoms with Crippen LogP contribution in [0.4, 0.5) is 10.1 Å². The lowest BCUT2D eigenvalue weighted by Crippen LogP contribution is -2.13. The van der Waals surface area contributed by atoms with Crippen LogP contribution < -0.4 is 5.32 Å². The number of benzene rings is 1. The minimum atomic E-state index is -0.533. The molecule has 1 heterocycles. The van der Waals surface area contributed by atoms with E-state index in [0.717, 1.165) is 35.1 Å². The van der Waals surface area contributed by atoms with Crippen molar-refractivity contribution >= 4 is 27.4 Å². The quantitative estimate of drug-likeness (QED) is 0.692. The Labute approximate surface area is 119 Å². The van der Waals surface area contributed by atoms with E-state index in [4.69, 9.17) is 0 Å². The lowest BCUT2D eigenvalue weighted by atomic mass is 10.0. The minimum Gasteiger partial charge on any atom is -0.298 e. The van der Waals surface area contributed by atoms with E-state index < -0.39 is 4.92 Å². The number of nitro groups is 1. The fraction of sp³-hybridized carbons (Fsp3) is 0.231. The molecular weight excluding hydrogens is 278 g/mol. The van der Waals surface area contributed by atoms with Crippen molar-refractivity contribution in [1.29, 1.82) is 0 Å². The van der Waals surface area contributed by atoms with E-state index in [0.29, 0.717) is 5.56 Å². The van der Waals surface area contributed by atoms with Crippen molar-refractivity contribution in [3.05, 3.63) is 51.2 Å². The maximum Gasteiger partial charge on any atom is 0.345 e. The zero-order chi connectivity index (χ0) is 14.7. The summed E-state index contributed by atoms with van der Waals surface area (Å²) in [5, 5.41) is 13.3. The summed E-state index contributed by atoms with van der Waals surface area (Å²) >= 11 is 0.835. The van der Waals surface area contributed by atoms with Crippen molar-refractivity contribution in [2.75, 3.05) is 5.32 Å². The molecule has 104 valence electrons. The predicted molar refractivity (Wildman–Crippen MR) is 77.3 cm³/mol. The van der Waals surface area contributed by atoms with E-state index in [1.807, 2.05) is 26.0 Å². The molecule has 0 fully saturated rings. The molecule has 0 spiro atoms. The number of aryl methyl sites for hydroxylation is 2. The topological polar surface area (TPSA) is 85.1 Å². The third kappa shape index (κ3) is 3.00. The number of hydrogen-bond donors (Lipinski definition) is 1. The van der Waals surface area contributed by atoms with Crippen LogP contribution in [0.3, 0.4) is 0 Å². The van der Waals surface area contributed by atoms with Gasteiger partial charge in [0.2, 0.25) is 0 Å². The number of carbonyl (C=O) groups is 1. The SMILES string of the molecule is CCc1ccc(C(=O)Nc2ncc([N+](=O)[O-])s2)c(C)c1. The van der Waals surface area contributed by atoms with Gasteiger partial charge in [-0.05, 0) is 41.9 Å². The van der Waals surface area contributed by atoms with Crippen molar-refractivity contribution in [2.45, 2.75) is 20.3 Å². The van der Waals surface area contributed by atoms with Gasteiger partial charge in [-0.25, -0.2) is 4.98 Å². The third-order valence-corrected chi connectivity index (χ3v) is 3.70. The Morgan fingerprint density at radius 2 is 2.25 bits per heavy atom. The summed E-state index contributed by atoms with van der Waals surface area (Å²) in [6.45, 7) is 3.90. The highest BCUT2D eigenvalue weighted by molar-refractivity contribution is 7.18. The summed E-state index contributed by atoms with van der Waals surface area (Å²) in [5.74, 6) is -0.311. The van der Waals surface area contributed by atoms with Crippen molar-refractivity contribution < 1.29 is 9.72 Å². The average Bonchev–Trinajstić information content (AvgIpc) is 2.87. The Kier molecular flexibility index (Phi) is 4.09. The highest BCUT2D eigenvalue weighted by Crippen LogP contribution is 2.25. The molecule has 0 atom stereocenters. The number of nitrogens with one attached hydrogen (secondary N) is 1. The Morgan fingerprint density at radius 3 is 2.80 bits per heavy atom. The van der Waals surface area contributed by atoms with Crippen molar-refractivity contribution in [2.24, 2.45) is 0 Å². The lowest BCUT2D eigenvalue weighted by Gasteiger charge is -2.06. The van der Waals surface area contributed by atoms with Gasteiger partial charge in [0.1, 0.15) is 6.20 Å². The molecule has 0 bridgehead atoms. The Bertz CT molecular complexity index is 667. The molecule has 20 heavy (non-hydrogen) atoms. The first kappa shape index (κ1) is 14.1. The van der Waals surface area contributed by atoms with Gasteiger partial charge in [-0.3, -0.25) is 20.2 Å². The average molecular weight is 291 g/mol. The first-order valence-electron chi connectivity index (χ1n) is 6.02. The zero-order valence-electron chi connectivity index (χ0n) is 11.0. The van der Waals surface area contributed by atoms with E-state index in [1.54, 1.807) is 6.07 Å². The number of thiazole rings is 1. The molecule has 0 unspecified atom stereocenters. The van der Waals surface area contributed by atoms with E-state index >= 15 is 0 Å². The smallest absolute Gasteiger partial charge is 0.298 e. The number of carbonyl (C=O) groups excluding carboxylic acids is 1. The highest BCUT2D eigenvalue weighted by Gasteiger charge is 2.15. The summed E-state index contributed by atoms with van der Waals surface area (Å²) in [6, 6.07) is 5.61. The van der Waals surface area contributed by atoms with Gasteiger partial charge in [0, 0.05) is 5.56 Å². The fourth-order valence-electron chi connectivity index (χ4n) is 1.77. The summed E-state index contributed by atoms with van der Waals surface area (Å²) in [5.41, 5.74) is 2.57. The Hall–Kier alpha value is -2.28. The van der Waals surface area contributed by atoms with Gasteiger partial charge in [0.15, 0.2) is 5.13 Å². The second kappa shape index (κ2) is 5.79. The van der Waals surface area contributed by atoms with E-state index in [-0.39, 0.29) is 16.0 Å². The summed E-state index contributed by atoms with van der Waals surface area (Å²) in [7, 11) is 0. The molecule has 0 saturated carbocycles. The number of hydrogen-bond acceptors (Lipinski definition) is 5. The van der Waals surface area contributed by atoms with E-state index in [2.05, 4.69) is 10.3 Å². The van der Waals surface area contributed by atoms with Gasteiger partial charge < -0.3 is 0 Å². The molecule has 2 rings (SSSR count). The van der Waals surface area contributed by atoms with Crippen molar-refractivity contribution in [1.82, 2.24) is 4.98 Å². The second-order valence-electron chi connectivity index (χ2n) is 4.22. The number of aromatic nitrogens is 1. The van der Waals surface area contributed by atoms with Crippen LogP contribution in [-0.4, -0.2) is 15.8 Å². The molecule has 0 aliphatic carbocycles. The van der Waals surface area contributed by atoms with Crippen LogP contribution in [0.1, 0.15) is 28.4 Å². The first-order valence-corrected chi connectivity index (χ1v) is 6.84.